The van der Waals surface area contributed by atoms with E-state index in [2.05, 4.69) is 20.4 Å². The van der Waals surface area contributed by atoms with Crippen molar-refractivity contribution in [2.75, 3.05) is 36.5 Å². The number of nitrogens with zero attached hydrogens (tertiary/aromatic N) is 3. The number of anilines is 2. The van der Waals surface area contributed by atoms with E-state index in [1.54, 1.807) is 13.1 Å². The van der Waals surface area contributed by atoms with Crippen LogP contribution in [-0.2, 0) is 4.74 Å². The number of aromatic nitrogens is 2. The molecule has 1 N–H and O–H groups in total. The van der Waals surface area contributed by atoms with Crippen LogP contribution in [0.3, 0.4) is 0 Å². The molecular weight excluding hydrogens is 308 g/mol. The van der Waals surface area contributed by atoms with Gasteiger partial charge in [0.05, 0.1) is 30.8 Å². The van der Waals surface area contributed by atoms with Crippen LogP contribution in [0.25, 0.3) is 0 Å². The van der Waals surface area contributed by atoms with Gasteiger partial charge in [0.15, 0.2) is 5.76 Å². The fourth-order valence-electron chi connectivity index (χ4n) is 2.69. The Morgan fingerprint density at radius 1 is 1.29 bits per heavy atom. The third-order valence-electron chi connectivity index (χ3n) is 3.98. The quantitative estimate of drug-likeness (QED) is 0.928. The molecule has 0 bridgehead atoms. The monoisotopic (exact) mass is 330 g/mol. The van der Waals surface area contributed by atoms with Crippen LogP contribution in [-0.4, -0.2) is 42.4 Å². The molecule has 2 aromatic heterocycles. The zero-order chi connectivity index (χ0) is 17.1. The lowest BCUT2D eigenvalue weighted by atomic mass is 10.0. The van der Waals surface area contributed by atoms with Gasteiger partial charge in [0.1, 0.15) is 11.4 Å². The Balaban J connectivity index is 1.72. The molecule has 0 saturated carbocycles. The number of morpholine rings is 1. The third-order valence-corrected chi connectivity index (χ3v) is 3.98. The number of aryl methyl sites for hydroxylation is 1. The van der Waals surface area contributed by atoms with Crippen LogP contribution >= 0.6 is 0 Å². The fourth-order valence-corrected chi connectivity index (χ4v) is 2.69. The van der Waals surface area contributed by atoms with Crippen molar-refractivity contribution in [1.82, 2.24) is 10.1 Å². The lowest BCUT2D eigenvalue weighted by Gasteiger charge is -2.27. The summed E-state index contributed by atoms with van der Waals surface area (Å²) in [5.41, 5.74) is 1.74. The van der Waals surface area contributed by atoms with Crippen LogP contribution < -0.4 is 10.2 Å². The van der Waals surface area contributed by atoms with Gasteiger partial charge in [0.2, 0.25) is 0 Å². The summed E-state index contributed by atoms with van der Waals surface area (Å²) in [7, 11) is 0. The highest BCUT2D eigenvalue weighted by atomic mass is 16.5. The summed E-state index contributed by atoms with van der Waals surface area (Å²) >= 11 is 0. The standard InChI is InChI=1S/C17H22N4O3/c1-11(2)16-15(12(3)20-24-16)17(22)19-13-4-5-14(18-10-13)21-6-8-23-9-7-21/h4-5,10-11H,6-9H2,1-3H3,(H,19,22). The topological polar surface area (TPSA) is 80.5 Å². The minimum absolute atomic E-state index is 0.0915. The zero-order valence-electron chi connectivity index (χ0n) is 14.2. The molecule has 1 aliphatic rings. The maximum Gasteiger partial charge on any atom is 0.261 e. The van der Waals surface area contributed by atoms with Crippen LogP contribution in [0.2, 0.25) is 0 Å². The Labute approximate surface area is 141 Å². The normalized spacial score (nSPS) is 14.9. The minimum Gasteiger partial charge on any atom is -0.378 e. The molecule has 0 spiro atoms. The van der Waals surface area contributed by atoms with Crippen molar-refractivity contribution >= 4 is 17.4 Å². The lowest BCUT2D eigenvalue weighted by Crippen LogP contribution is -2.36. The molecule has 0 aliphatic carbocycles. The van der Waals surface area contributed by atoms with Gasteiger partial charge in [-0.05, 0) is 19.1 Å². The number of rotatable bonds is 4. The predicted octanol–water partition coefficient (Wildman–Crippen LogP) is 2.59. The van der Waals surface area contributed by atoms with Crippen LogP contribution in [0.5, 0.6) is 0 Å². The maximum absolute atomic E-state index is 12.5. The van der Waals surface area contributed by atoms with Crippen LogP contribution in [0, 0.1) is 6.92 Å². The van der Waals surface area contributed by atoms with Gasteiger partial charge in [-0.3, -0.25) is 4.79 Å². The SMILES string of the molecule is Cc1noc(C(C)C)c1C(=O)Nc1ccc(N2CCOCC2)nc1. The number of amides is 1. The molecule has 0 atom stereocenters. The van der Waals surface area contributed by atoms with Crippen molar-refractivity contribution in [3.8, 4) is 0 Å². The van der Waals surface area contributed by atoms with E-state index in [0.29, 0.717) is 35.9 Å². The second kappa shape index (κ2) is 7.00. The number of pyridine rings is 1. The summed E-state index contributed by atoms with van der Waals surface area (Å²) in [6, 6.07) is 3.76. The van der Waals surface area contributed by atoms with E-state index in [9.17, 15) is 4.79 Å². The number of ether oxygens (including phenoxy) is 1. The first-order valence-electron chi connectivity index (χ1n) is 8.12. The summed E-state index contributed by atoms with van der Waals surface area (Å²) < 4.78 is 10.6. The maximum atomic E-state index is 12.5. The lowest BCUT2D eigenvalue weighted by molar-refractivity contribution is 0.102. The van der Waals surface area contributed by atoms with Gasteiger partial charge in [-0.2, -0.15) is 0 Å². The van der Waals surface area contributed by atoms with Crippen molar-refractivity contribution in [2.24, 2.45) is 0 Å². The second-order valence-corrected chi connectivity index (χ2v) is 6.12. The van der Waals surface area contributed by atoms with Crippen molar-refractivity contribution < 1.29 is 14.1 Å². The molecule has 2 aromatic rings. The van der Waals surface area contributed by atoms with Gasteiger partial charge in [0.25, 0.3) is 5.91 Å². The number of carbonyl (C=O) groups excluding carboxylic acids is 1. The van der Waals surface area contributed by atoms with Crippen LogP contribution in [0.15, 0.2) is 22.9 Å². The second-order valence-electron chi connectivity index (χ2n) is 6.12. The number of carbonyl (C=O) groups is 1. The molecule has 7 heteroatoms. The van der Waals surface area contributed by atoms with E-state index in [0.717, 1.165) is 18.9 Å². The summed E-state index contributed by atoms with van der Waals surface area (Å²) in [4.78, 5) is 19.1. The largest absolute Gasteiger partial charge is 0.378 e. The number of hydrogen-bond acceptors (Lipinski definition) is 6. The van der Waals surface area contributed by atoms with Gasteiger partial charge in [-0.15, -0.1) is 0 Å². The van der Waals surface area contributed by atoms with Crippen molar-refractivity contribution in [1.29, 1.82) is 0 Å². The highest BCUT2D eigenvalue weighted by Gasteiger charge is 2.22. The molecule has 24 heavy (non-hydrogen) atoms. The smallest absolute Gasteiger partial charge is 0.261 e. The Morgan fingerprint density at radius 3 is 2.67 bits per heavy atom. The molecule has 1 aliphatic heterocycles. The summed E-state index contributed by atoms with van der Waals surface area (Å²) in [6.45, 7) is 8.79. The van der Waals surface area contributed by atoms with Crippen molar-refractivity contribution in [3.63, 3.8) is 0 Å². The first-order valence-corrected chi connectivity index (χ1v) is 8.12. The van der Waals surface area contributed by atoms with Crippen LogP contribution in [0.1, 0.15) is 41.6 Å². The Morgan fingerprint density at radius 2 is 2.04 bits per heavy atom. The third kappa shape index (κ3) is 3.41. The highest BCUT2D eigenvalue weighted by Crippen LogP contribution is 2.23. The Bertz CT molecular complexity index is 703. The van der Waals surface area contributed by atoms with E-state index >= 15 is 0 Å². The van der Waals surface area contributed by atoms with E-state index < -0.39 is 0 Å². The molecule has 0 radical (unpaired) electrons. The predicted molar refractivity (Wildman–Crippen MR) is 90.6 cm³/mol. The molecule has 1 saturated heterocycles. The van der Waals surface area contributed by atoms with Gasteiger partial charge in [0, 0.05) is 19.0 Å². The molecule has 0 aromatic carbocycles. The van der Waals surface area contributed by atoms with Crippen LogP contribution in [0.4, 0.5) is 11.5 Å². The molecule has 3 rings (SSSR count). The summed E-state index contributed by atoms with van der Waals surface area (Å²) in [5.74, 6) is 1.36. The van der Waals surface area contributed by atoms with E-state index in [-0.39, 0.29) is 11.8 Å². The first-order chi connectivity index (χ1) is 11.6. The highest BCUT2D eigenvalue weighted by molar-refractivity contribution is 6.05. The Hall–Kier alpha value is -2.41. The zero-order valence-corrected chi connectivity index (χ0v) is 14.2. The van der Waals surface area contributed by atoms with Crippen molar-refractivity contribution in [2.45, 2.75) is 26.7 Å². The van der Waals surface area contributed by atoms with E-state index in [4.69, 9.17) is 9.26 Å². The number of hydrogen-bond donors (Lipinski definition) is 1. The van der Waals surface area contributed by atoms with Crippen molar-refractivity contribution in [3.05, 3.63) is 35.3 Å². The fraction of sp³-hybridized carbons (Fsp3) is 0.471. The molecule has 3 heterocycles. The molecule has 1 fully saturated rings. The average Bonchev–Trinajstić information content (AvgIpc) is 2.98. The number of nitrogens with one attached hydrogen (secondary N) is 1. The molecule has 128 valence electrons. The molecule has 0 unspecified atom stereocenters. The van der Waals surface area contributed by atoms with Gasteiger partial charge < -0.3 is 19.5 Å². The van der Waals surface area contributed by atoms with Gasteiger partial charge in [-0.1, -0.05) is 19.0 Å². The van der Waals surface area contributed by atoms with E-state index in [1.807, 2.05) is 26.0 Å². The molecule has 7 nitrogen and oxygen atoms in total. The molecular formula is C17H22N4O3. The van der Waals surface area contributed by atoms with Gasteiger partial charge >= 0.3 is 0 Å². The molecule has 1 amide bonds. The Kier molecular flexibility index (Phi) is 4.80. The van der Waals surface area contributed by atoms with E-state index in [1.165, 1.54) is 0 Å². The summed E-state index contributed by atoms with van der Waals surface area (Å²) in [6.07, 6.45) is 1.67. The van der Waals surface area contributed by atoms with Gasteiger partial charge in [-0.25, -0.2) is 4.98 Å². The first kappa shape index (κ1) is 16.4. The average molecular weight is 330 g/mol. The summed E-state index contributed by atoms with van der Waals surface area (Å²) in [5, 5.41) is 6.77. The minimum atomic E-state index is -0.224.